The van der Waals surface area contributed by atoms with Crippen molar-refractivity contribution < 1.29 is 13.2 Å². The van der Waals surface area contributed by atoms with Crippen LogP contribution in [0.3, 0.4) is 0 Å². The number of sulfonamides is 1. The number of carbonyl (C=O) groups excluding carboxylic acids is 1. The summed E-state index contributed by atoms with van der Waals surface area (Å²) in [7, 11) is -2.09. The molecular formula is C18H20N2O3S. The molecule has 0 saturated carbocycles. The van der Waals surface area contributed by atoms with E-state index in [1.54, 1.807) is 17.0 Å². The second kappa shape index (κ2) is 6.37. The molecule has 6 heteroatoms. The van der Waals surface area contributed by atoms with E-state index in [-0.39, 0.29) is 10.8 Å². The molecular weight excluding hydrogens is 324 g/mol. The maximum Gasteiger partial charge on any atom is 0.254 e. The van der Waals surface area contributed by atoms with Crippen LogP contribution in [0.2, 0.25) is 0 Å². The van der Waals surface area contributed by atoms with E-state index >= 15 is 0 Å². The first kappa shape index (κ1) is 16.7. The van der Waals surface area contributed by atoms with Gasteiger partial charge in [-0.15, -0.1) is 0 Å². The molecule has 0 atom stereocenters. The van der Waals surface area contributed by atoms with Crippen LogP contribution in [0.1, 0.15) is 27.0 Å². The Bertz CT molecular complexity index is 891. The Morgan fingerprint density at radius 1 is 1.12 bits per heavy atom. The van der Waals surface area contributed by atoms with Gasteiger partial charge in [-0.3, -0.25) is 4.79 Å². The van der Waals surface area contributed by atoms with Crippen molar-refractivity contribution in [1.82, 2.24) is 9.62 Å². The van der Waals surface area contributed by atoms with Gasteiger partial charge in [-0.05, 0) is 55.8 Å². The summed E-state index contributed by atoms with van der Waals surface area (Å²) in [4.78, 5) is 14.7. The van der Waals surface area contributed by atoms with Gasteiger partial charge >= 0.3 is 0 Å². The Morgan fingerprint density at radius 3 is 2.62 bits per heavy atom. The van der Waals surface area contributed by atoms with Crippen LogP contribution < -0.4 is 4.72 Å². The number of nitrogens with one attached hydrogen (secondary N) is 1. The number of fused-ring (bicyclic) bond motifs is 1. The fourth-order valence-corrected chi connectivity index (χ4v) is 3.73. The molecule has 0 saturated heterocycles. The van der Waals surface area contributed by atoms with Gasteiger partial charge in [0.05, 0.1) is 4.90 Å². The minimum atomic E-state index is -3.48. The van der Waals surface area contributed by atoms with Gasteiger partial charge < -0.3 is 4.90 Å². The Morgan fingerprint density at radius 2 is 1.92 bits per heavy atom. The highest BCUT2D eigenvalue weighted by molar-refractivity contribution is 7.89. The van der Waals surface area contributed by atoms with Gasteiger partial charge in [0.2, 0.25) is 10.0 Å². The molecule has 0 fully saturated rings. The predicted molar refractivity (Wildman–Crippen MR) is 92.3 cm³/mol. The summed E-state index contributed by atoms with van der Waals surface area (Å²) in [6.45, 7) is 3.02. The molecule has 1 N–H and O–H groups in total. The van der Waals surface area contributed by atoms with Gasteiger partial charge in [0.1, 0.15) is 0 Å². The largest absolute Gasteiger partial charge is 0.334 e. The van der Waals surface area contributed by atoms with Crippen LogP contribution in [0.4, 0.5) is 0 Å². The fourth-order valence-electron chi connectivity index (χ4n) is 2.95. The number of benzene rings is 2. The Balaban J connectivity index is 1.88. The van der Waals surface area contributed by atoms with Gasteiger partial charge in [0, 0.05) is 18.7 Å². The molecule has 3 rings (SSSR count). The van der Waals surface area contributed by atoms with Gasteiger partial charge in [-0.2, -0.15) is 0 Å². The molecule has 0 aliphatic carbocycles. The van der Waals surface area contributed by atoms with E-state index in [2.05, 4.69) is 4.72 Å². The number of aryl methyl sites for hydroxylation is 1. The summed E-state index contributed by atoms with van der Waals surface area (Å²) >= 11 is 0. The minimum Gasteiger partial charge on any atom is -0.334 e. The number of nitrogens with zero attached hydrogens (tertiary/aromatic N) is 1. The number of rotatable bonds is 3. The first-order valence-electron chi connectivity index (χ1n) is 7.82. The summed E-state index contributed by atoms with van der Waals surface area (Å²) in [5.41, 5.74) is 3.69. The minimum absolute atomic E-state index is 0.0220. The maximum absolute atomic E-state index is 12.7. The average molecular weight is 344 g/mol. The summed E-state index contributed by atoms with van der Waals surface area (Å²) < 4.78 is 26.3. The highest BCUT2D eigenvalue weighted by atomic mass is 32.2. The number of carbonyl (C=O) groups is 1. The monoisotopic (exact) mass is 344 g/mol. The number of hydrogen-bond acceptors (Lipinski definition) is 3. The third kappa shape index (κ3) is 3.20. The van der Waals surface area contributed by atoms with Crippen molar-refractivity contribution in [2.24, 2.45) is 0 Å². The Kier molecular flexibility index (Phi) is 4.43. The second-order valence-corrected chi connectivity index (χ2v) is 7.87. The molecule has 0 radical (unpaired) electrons. The summed E-state index contributed by atoms with van der Waals surface area (Å²) in [6, 6.07) is 12.6. The lowest BCUT2D eigenvalue weighted by atomic mass is 9.99. The third-order valence-electron chi connectivity index (χ3n) is 4.32. The Hall–Kier alpha value is -2.18. The lowest BCUT2D eigenvalue weighted by molar-refractivity contribution is 0.0734. The topological polar surface area (TPSA) is 66.5 Å². The van der Waals surface area contributed by atoms with Crippen LogP contribution in [-0.2, 0) is 23.0 Å². The zero-order valence-corrected chi connectivity index (χ0v) is 14.6. The van der Waals surface area contributed by atoms with Crippen molar-refractivity contribution in [1.29, 1.82) is 0 Å². The van der Waals surface area contributed by atoms with E-state index in [4.69, 9.17) is 0 Å². The first-order valence-corrected chi connectivity index (χ1v) is 9.30. The van der Waals surface area contributed by atoms with Crippen molar-refractivity contribution in [3.05, 3.63) is 64.7 Å². The van der Waals surface area contributed by atoms with Gasteiger partial charge in [0.25, 0.3) is 5.91 Å². The lowest BCUT2D eigenvalue weighted by Gasteiger charge is -2.29. The van der Waals surface area contributed by atoms with Crippen LogP contribution in [0.15, 0.2) is 47.4 Å². The van der Waals surface area contributed by atoms with E-state index in [0.29, 0.717) is 18.7 Å². The smallest absolute Gasteiger partial charge is 0.254 e. The molecule has 0 spiro atoms. The van der Waals surface area contributed by atoms with Gasteiger partial charge in [-0.25, -0.2) is 13.1 Å². The fraction of sp³-hybridized carbons (Fsp3) is 0.278. The zero-order chi connectivity index (χ0) is 17.3. The molecule has 24 heavy (non-hydrogen) atoms. The lowest BCUT2D eigenvalue weighted by Crippen LogP contribution is -2.36. The van der Waals surface area contributed by atoms with Crippen molar-refractivity contribution in [2.45, 2.75) is 24.8 Å². The van der Waals surface area contributed by atoms with E-state index in [9.17, 15) is 13.2 Å². The molecule has 126 valence electrons. The molecule has 0 aromatic heterocycles. The third-order valence-corrected chi connectivity index (χ3v) is 5.73. The summed E-state index contributed by atoms with van der Waals surface area (Å²) in [5.74, 6) is -0.0220. The molecule has 1 aliphatic heterocycles. The molecule has 5 nitrogen and oxygen atoms in total. The molecule has 0 unspecified atom stereocenters. The van der Waals surface area contributed by atoms with E-state index in [0.717, 1.165) is 23.1 Å². The van der Waals surface area contributed by atoms with Gasteiger partial charge in [0.15, 0.2) is 0 Å². The highest BCUT2D eigenvalue weighted by Gasteiger charge is 2.23. The van der Waals surface area contributed by atoms with Crippen LogP contribution in [0.5, 0.6) is 0 Å². The maximum atomic E-state index is 12.7. The first-order chi connectivity index (χ1) is 11.4. The standard InChI is InChI=1S/C18H20N2O3S/c1-13-4-3-5-15(10-13)18(21)20-9-8-14-6-7-17(11-16(14)12-20)24(22,23)19-2/h3-7,10-11,19H,8-9,12H2,1-2H3. The van der Waals surface area contributed by atoms with Crippen molar-refractivity contribution in [3.63, 3.8) is 0 Å². The highest BCUT2D eigenvalue weighted by Crippen LogP contribution is 2.23. The molecule has 1 aliphatic rings. The van der Waals surface area contributed by atoms with Crippen LogP contribution >= 0.6 is 0 Å². The van der Waals surface area contributed by atoms with E-state index in [1.807, 2.05) is 37.3 Å². The molecule has 2 aromatic carbocycles. The number of hydrogen-bond donors (Lipinski definition) is 1. The molecule has 1 amide bonds. The van der Waals surface area contributed by atoms with Crippen LogP contribution in [0.25, 0.3) is 0 Å². The van der Waals surface area contributed by atoms with Crippen molar-refractivity contribution in [2.75, 3.05) is 13.6 Å². The second-order valence-electron chi connectivity index (χ2n) is 5.98. The van der Waals surface area contributed by atoms with Crippen LogP contribution in [0, 0.1) is 6.92 Å². The Labute approximate surface area is 142 Å². The summed E-state index contributed by atoms with van der Waals surface area (Å²) in [6.07, 6.45) is 0.729. The van der Waals surface area contributed by atoms with Crippen molar-refractivity contribution in [3.8, 4) is 0 Å². The average Bonchev–Trinajstić information content (AvgIpc) is 2.60. The molecule has 0 bridgehead atoms. The molecule has 2 aromatic rings. The predicted octanol–water partition coefficient (Wildman–Crippen LogP) is 2.10. The number of amides is 1. The zero-order valence-electron chi connectivity index (χ0n) is 13.7. The van der Waals surface area contributed by atoms with Crippen LogP contribution in [-0.4, -0.2) is 32.8 Å². The van der Waals surface area contributed by atoms with E-state index in [1.165, 1.54) is 7.05 Å². The molecule has 1 heterocycles. The van der Waals surface area contributed by atoms with Crippen molar-refractivity contribution >= 4 is 15.9 Å². The normalized spacial score (nSPS) is 14.3. The quantitative estimate of drug-likeness (QED) is 0.927. The van der Waals surface area contributed by atoms with E-state index < -0.39 is 10.0 Å². The SMILES string of the molecule is CNS(=O)(=O)c1ccc2c(c1)CN(C(=O)c1cccc(C)c1)CC2. The summed E-state index contributed by atoms with van der Waals surface area (Å²) in [5, 5.41) is 0. The van der Waals surface area contributed by atoms with Gasteiger partial charge in [-0.1, -0.05) is 23.8 Å².